The van der Waals surface area contributed by atoms with Crippen molar-refractivity contribution in [3.63, 3.8) is 0 Å². The van der Waals surface area contributed by atoms with E-state index in [9.17, 15) is 9.59 Å². The Morgan fingerprint density at radius 3 is 2.42 bits per heavy atom. The zero-order valence-electron chi connectivity index (χ0n) is 21.4. The quantitative estimate of drug-likeness (QED) is 0.615. The molecular weight excluding hydrogens is 458 g/mol. The zero-order chi connectivity index (χ0) is 25.2. The second-order valence-electron chi connectivity index (χ2n) is 9.88. The Balaban J connectivity index is 1.20. The van der Waals surface area contributed by atoms with Crippen LogP contribution < -0.4 is 19.4 Å². The predicted molar refractivity (Wildman–Crippen MR) is 139 cm³/mol. The Labute approximate surface area is 212 Å². The van der Waals surface area contributed by atoms with Gasteiger partial charge in [-0.25, -0.2) is 4.98 Å². The molecule has 5 rings (SSSR count). The fraction of sp³-hybridized carbons (Fsp3) is 0.538. The molecule has 0 N–H and O–H groups in total. The van der Waals surface area contributed by atoms with Crippen LogP contribution in [0.1, 0.15) is 12.1 Å². The van der Waals surface area contributed by atoms with Crippen molar-refractivity contribution in [2.24, 2.45) is 5.92 Å². The van der Waals surface area contributed by atoms with Gasteiger partial charge in [-0.1, -0.05) is 6.07 Å². The minimum absolute atomic E-state index is 0.0233. The molecule has 0 bridgehead atoms. The lowest BCUT2D eigenvalue weighted by Gasteiger charge is -2.37. The second kappa shape index (κ2) is 10.3. The van der Waals surface area contributed by atoms with Gasteiger partial charge in [-0.3, -0.25) is 9.59 Å². The minimum atomic E-state index is -0.325. The van der Waals surface area contributed by atoms with Crippen LogP contribution in [-0.4, -0.2) is 105 Å². The van der Waals surface area contributed by atoms with Crippen LogP contribution in [0.3, 0.4) is 0 Å². The first-order chi connectivity index (χ1) is 17.4. The number of aromatic nitrogens is 2. The monoisotopic (exact) mass is 493 g/mol. The Kier molecular flexibility index (Phi) is 6.95. The summed E-state index contributed by atoms with van der Waals surface area (Å²) < 4.78 is 5.29. The van der Waals surface area contributed by atoms with Gasteiger partial charge in [0.2, 0.25) is 17.8 Å². The van der Waals surface area contributed by atoms with Gasteiger partial charge in [0, 0.05) is 88.8 Å². The number of hydrogen-bond donors (Lipinski definition) is 0. The number of benzene rings is 1. The number of piperazine rings is 2. The molecule has 1 atom stereocenters. The van der Waals surface area contributed by atoms with Crippen LogP contribution in [0, 0.1) is 12.8 Å². The molecule has 3 aliphatic rings. The standard InChI is InChI=1S/C26H35N7O3/c1-19-15-23(30-9-7-29(2)8-10-30)28-26(27-19)32-13-11-31(12-14-32)25(35)20-16-24(34)33(18-20)21-5-4-6-22(17-21)36-3/h4-6,15,17,20H,7-14,16,18H2,1-3H3. The van der Waals surface area contributed by atoms with E-state index < -0.39 is 0 Å². The molecule has 2 amide bonds. The number of nitrogens with zero attached hydrogens (tertiary/aromatic N) is 7. The van der Waals surface area contributed by atoms with Crippen LogP contribution in [0.2, 0.25) is 0 Å². The third kappa shape index (κ3) is 5.09. The van der Waals surface area contributed by atoms with E-state index in [4.69, 9.17) is 14.7 Å². The van der Waals surface area contributed by atoms with Gasteiger partial charge in [0.15, 0.2) is 0 Å². The van der Waals surface area contributed by atoms with Crippen molar-refractivity contribution in [2.75, 3.05) is 87.8 Å². The van der Waals surface area contributed by atoms with E-state index in [0.717, 1.165) is 49.3 Å². The summed E-state index contributed by atoms with van der Waals surface area (Å²) in [6.07, 6.45) is 0.242. The summed E-state index contributed by atoms with van der Waals surface area (Å²) in [6, 6.07) is 9.47. The molecule has 0 radical (unpaired) electrons. The summed E-state index contributed by atoms with van der Waals surface area (Å²) in [7, 11) is 3.75. The number of methoxy groups -OCH3 is 1. The van der Waals surface area contributed by atoms with Gasteiger partial charge in [-0.15, -0.1) is 0 Å². The van der Waals surface area contributed by atoms with Crippen molar-refractivity contribution < 1.29 is 14.3 Å². The number of rotatable bonds is 5. The number of carbonyl (C=O) groups is 2. The number of carbonyl (C=O) groups excluding carboxylic acids is 2. The van der Waals surface area contributed by atoms with E-state index in [1.807, 2.05) is 36.1 Å². The van der Waals surface area contributed by atoms with Crippen molar-refractivity contribution in [1.29, 1.82) is 0 Å². The maximum atomic E-state index is 13.3. The summed E-state index contributed by atoms with van der Waals surface area (Å²) in [4.78, 5) is 46.0. The van der Waals surface area contributed by atoms with Crippen molar-refractivity contribution in [2.45, 2.75) is 13.3 Å². The first-order valence-corrected chi connectivity index (χ1v) is 12.7. The zero-order valence-corrected chi connectivity index (χ0v) is 21.4. The largest absolute Gasteiger partial charge is 0.497 e. The Hall–Kier alpha value is -3.40. The smallest absolute Gasteiger partial charge is 0.228 e. The van der Waals surface area contributed by atoms with Crippen LogP contribution in [0.5, 0.6) is 5.75 Å². The number of ether oxygens (including phenoxy) is 1. The van der Waals surface area contributed by atoms with Gasteiger partial charge >= 0.3 is 0 Å². The van der Waals surface area contributed by atoms with Gasteiger partial charge in [0.1, 0.15) is 11.6 Å². The lowest BCUT2D eigenvalue weighted by Crippen LogP contribution is -2.51. The highest BCUT2D eigenvalue weighted by Crippen LogP contribution is 2.29. The van der Waals surface area contributed by atoms with Crippen LogP contribution in [0.15, 0.2) is 30.3 Å². The Morgan fingerprint density at radius 2 is 1.69 bits per heavy atom. The molecule has 0 aliphatic carbocycles. The topological polar surface area (TPSA) is 85.3 Å². The molecule has 10 nitrogen and oxygen atoms in total. The molecule has 1 unspecified atom stereocenters. The summed E-state index contributed by atoms with van der Waals surface area (Å²) in [5, 5.41) is 0. The maximum absolute atomic E-state index is 13.3. The van der Waals surface area contributed by atoms with Gasteiger partial charge in [-0.2, -0.15) is 4.98 Å². The lowest BCUT2D eigenvalue weighted by molar-refractivity contribution is -0.136. The van der Waals surface area contributed by atoms with Gasteiger partial charge < -0.3 is 29.2 Å². The number of likely N-dealkylation sites (N-methyl/N-ethyl adjacent to an activating group) is 1. The highest BCUT2D eigenvalue weighted by molar-refractivity contribution is 6.00. The van der Waals surface area contributed by atoms with E-state index in [-0.39, 0.29) is 24.2 Å². The average molecular weight is 494 g/mol. The molecule has 36 heavy (non-hydrogen) atoms. The maximum Gasteiger partial charge on any atom is 0.228 e. The molecule has 2 aromatic rings. The first kappa shape index (κ1) is 24.3. The molecular formula is C26H35N7O3. The molecule has 10 heteroatoms. The fourth-order valence-corrected chi connectivity index (χ4v) is 5.16. The van der Waals surface area contributed by atoms with Crippen LogP contribution >= 0.6 is 0 Å². The van der Waals surface area contributed by atoms with Crippen molar-refractivity contribution in [1.82, 2.24) is 19.8 Å². The summed E-state index contributed by atoms with van der Waals surface area (Å²) >= 11 is 0. The van der Waals surface area contributed by atoms with Gasteiger partial charge in [0.05, 0.1) is 13.0 Å². The van der Waals surface area contributed by atoms with Gasteiger partial charge in [-0.05, 0) is 26.1 Å². The number of amides is 2. The summed E-state index contributed by atoms with van der Waals surface area (Å²) in [6.45, 7) is 8.94. The van der Waals surface area contributed by atoms with Crippen molar-refractivity contribution in [3.8, 4) is 5.75 Å². The third-order valence-corrected chi connectivity index (χ3v) is 7.37. The van der Waals surface area contributed by atoms with Crippen LogP contribution in [-0.2, 0) is 9.59 Å². The molecule has 192 valence electrons. The van der Waals surface area contributed by atoms with E-state index in [1.165, 1.54) is 0 Å². The van der Waals surface area contributed by atoms with E-state index in [0.29, 0.717) is 38.5 Å². The van der Waals surface area contributed by atoms with Crippen LogP contribution in [0.25, 0.3) is 0 Å². The third-order valence-electron chi connectivity index (χ3n) is 7.37. The van der Waals surface area contributed by atoms with Crippen molar-refractivity contribution in [3.05, 3.63) is 36.0 Å². The van der Waals surface area contributed by atoms with Gasteiger partial charge in [0.25, 0.3) is 0 Å². The summed E-state index contributed by atoms with van der Waals surface area (Å²) in [5.74, 6) is 2.11. The lowest BCUT2D eigenvalue weighted by atomic mass is 10.1. The molecule has 0 saturated carbocycles. The number of aryl methyl sites for hydroxylation is 1. The fourth-order valence-electron chi connectivity index (χ4n) is 5.16. The van der Waals surface area contributed by atoms with Crippen LogP contribution in [0.4, 0.5) is 17.5 Å². The SMILES string of the molecule is COc1cccc(N2CC(C(=O)N3CCN(c4nc(C)cc(N5CCN(C)CC5)n4)CC3)CC2=O)c1. The first-order valence-electron chi connectivity index (χ1n) is 12.7. The van der Waals surface area contributed by atoms with E-state index in [2.05, 4.69) is 27.8 Å². The molecule has 1 aromatic carbocycles. The Bertz CT molecular complexity index is 1110. The molecule has 3 fully saturated rings. The number of hydrogen-bond acceptors (Lipinski definition) is 8. The molecule has 3 saturated heterocycles. The average Bonchev–Trinajstić information content (AvgIpc) is 3.30. The molecule has 3 aliphatic heterocycles. The number of anilines is 3. The second-order valence-corrected chi connectivity index (χ2v) is 9.88. The molecule has 0 spiro atoms. The predicted octanol–water partition coefficient (Wildman–Crippen LogP) is 1.25. The Morgan fingerprint density at radius 1 is 0.972 bits per heavy atom. The van der Waals surface area contributed by atoms with E-state index in [1.54, 1.807) is 12.0 Å². The van der Waals surface area contributed by atoms with Crippen molar-refractivity contribution >= 4 is 29.3 Å². The summed E-state index contributed by atoms with van der Waals surface area (Å²) in [5.41, 5.74) is 1.72. The normalized spacial score (nSPS) is 21.3. The van der Waals surface area contributed by atoms with E-state index >= 15 is 0 Å². The highest BCUT2D eigenvalue weighted by atomic mass is 16.5. The molecule has 1 aromatic heterocycles. The molecule has 4 heterocycles. The minimum Gasteiger partial charge on any atom is -0.497 e. The highest BCUT2D eigenvalue weighted by Gasteiger charge is 2.38.